The highest BCUT2D eigenvalue weighted by molar-refractivity contribution is 9.10. The predicted octanol–water partition coefficient (Wildman–Crippen LogP) is 3.56. The van der Waals surface area contributed by atoms with E-state index in [-0.39, 0.29) is 11.4 Å². The fourth-order valence-corrected chi connectivity index (χ4v) is 1.97. The molecule has 1 heterocycles. The number of carbonyl (C=O) groups is 1. The number of rotatable bonds is 3. The molecule has 0 saturated carbocycles. The molecule has 0 radical (unpaired) electrons. The number of hydrogen-bond acceptors (Lipinski definition) is 4. The highest BCUT2D eigenvalue weighted by atomic mass is 79.9. The molecule has 0 aromatic carbocycles. The van der Waals surface area contributed by atoms with Crippen LogP contribution in [0.1, 0.15) is 39.8 Å². The summed E-state index contributed by atoms with van der Waals surface area (Å²) >= 11 is 3.22. The average Bonchev–Trinajstić information content (AvgIpc) is 2.28. The first-order valence-corrected chi connectivity index (χ1v) is 7.03. The van der Waals surface area contributed by atoms with Gasteiger partial charge in [0.05, 0.1) is 6.20 Å². The van der Waals surface area contributed by atoms with Crippen LogP contribution < -0.4 is 4.74 Å². The number of aryl methyl sites for hydroxylation is 1. The second-order valence-corrected chi connectivity index (χ2v) is 6.09. The monoisotopic (exact) mass is 329 g/mol. The zero-order chi connectivity index (χ0) is 14.6. The highest BCUT2D eigenvalue weighted by Crippen LogP contribution is 2.19. The molecule has 0 spiro atoms. The number of hydrogen-bond donors (Lipinski definition) is 0. The molecule has 6 heteroatoms. The van der Waals surface area contributed by atoms with E-state index in [2.05, 4.69) is 25.9 Å². The number of carbonyl (C=O) groups excluding carboxylic acids is 1. The van der Waals surface area contributed by atoms with Crippen molar-refractivity contribution in [3.63, 3.8) is 0 Å². The summed E-state index contributed by atoms with van der Waals surface area (Å²) in [6, 6.07) is 0. The van der Waals surface area contributed by atoms with Gasteiger partial charge >= 0.3 is 6.09 Å². The van der Waals surface area contributed by atoms with Crippen LogP contribution in [-0.4, -0.2) is 33.0 Å². The Morgan fingerprint density at radius 2 is 2.11 bits per heavy atom. The van der Waals surface area contributed by atoms with E-state index in [1.54, 1.807) is 11.8 Å². The Labute approximate surface area is 122 Å². The molecule has 0 aliphatic heterocycles. The molecule has 0 atom stereocenters. The third kappa shape index (κ3) is 4.45. The van der Waals surface area contributed by atoms with Crippen LogP contribution in [0.2, 0.25) is 0 Å². The Bertz CT molecular complexity index is 458. The molecule has 1 aromatic rings. The molecule has 1 amide bonds. The minimum atomic E-state index is -0.394. The first-order chi connectivity index (χ1) is 8.75. The van der Waals surface area contributed by atoms with Crippen molar-refractivity contribution in [2.24, 2.45) is 0 Å². The van der Waals surface area contributed by atoms with Crippen molar-refractivity contribution < 1.29 is 9.53 Å². The summed E-state index contributed by atoms with van der Waals surface area (Å²) in [5.74, 6) is 0.249. The molecule has 106 valence electrons. The van der Waals surface area contributed by atoms with Gasteiger partial charge in [-0.15, -0.1) is 0 Å². The van der Waals surface area contributed by atoms with E-state index >= 15 is 0 Å². The molecule has 1 rings (SSSR count). The molecule has 0 N–H and O–H groups in total. The number of nitrogens with zero attached hydrogens (tertiary/aromatic N) is 3. The van der Waals surface area contributed by atoms with Crippen molar-refractivity contribution in [2.75, 3.05) is 6.54 Å². The topological polar surface area (TPSA) is 55.3 Å². The van der Waals surface area contributed by atoms with Crippen molar-refractivity contribution in [1.82, 2.24) is 14.9 Å². The van der Waals surface area contributed by atoms with Crippen LogP contribution in [0, 0.1) is 6.92 Å². The van der Waals surface area contributed by atoms with E-state index in [0.29, 0.717) is 16.8 Å². The second kappa shape index (κ2) is 6.32. The molecule has 1 aromatic heterocycles. The van der Waals surface area contributed by atoms with Gasteiger partial charge in [-0.05, 0) is 50.0 Å². The molecule has 0 fully saturated rings. The third-order valence-corrected chi connectivity index (χ3v) is 2.92. The fourth-order valence-electron chi connectivity index (χ4n) is 1.60. The number of amides is 1. The van der Waals surface area contributed by atoms with Crippen molar-refractivity contribution in [3.05, 3.63) is 16.5 Å². The quantitative estimate of drug-likeness (QED) is 0.850. The van der Waals surface area contributed by atoms with E-state index < -0.39 is 6.09 Å². The SMILES string of the molecule is CCCN(C(=O)Oc1ncc(Br)nc1C)C(C)(C)C. The van der Waals surface area contributed by atoms with E-state index in [4.69, 9.17) is 4.74 Å². The third-order valence-electron chi connectivity index (χ3n) is 2.53. The van der Waals surface area contributed by atoms with Gasteiger partial charge in [0.2, 0.25) is 5.88 Å². The first-order valence-electron chi connectivity index (χ1n) is 6.24. The van der Waals surface area contributed by atoms with Crippen LogP contribution in [0.15, 0.2) is 10.8 Å². The van der Waals surface area contributed by atoms with Gasteiger partial charge in [0, 0.05) is 12.1 Å². The Kier molecular flexibility index (Phi) is 5.29. The minimum Gasteiger partial charge on any atom is -0.389 e. The van der Waals surface area contributed by atoms with Crippen molar-refractivity contribution in [2.45, 2.75) is 46.6 Å². The molecule has 5 nitrogen and oxygen atoms in total. The van der Waals surface area contributed by atoms with Crippen LogP contribution in [0.5, 0.6) is 5.88 Å². The second-order valence-electron chi connectivity index (χ2n) is 5.27. The summed E-state index contributed by atoms with van der Waals surface area (Å²) in [4.78, 5) is 22.1. The largest absolute Gasteiger partial charge is 0.417 e. The minimum absolute atomic E-state index is 0.249. The molecule has 19 heavy (non-hydrogen) atoms. The maximum absolute atomic E-state index is 12.2. The Balaban J connectivity index is 2.87. The maximum atomic E-state index is 12.2. The summed E-state index contributed by atoms with van der Waals surface area (Å²) in [5, 5.41) is 0. The van der Waals surface area contributed by atoms with Gasteiger partial charge in [0.15, 0.2) is 0 Å². The van der Waals surface area contributed by atoms with Gasteiger partial charge in [0.1, 0.15) is 10.3 Å². The van der Waals surface area contributed by atoms with Gasteiger partial charge < -0.3 is 9.64 Å². The summed E-state index contributed by atoms with van der Waals surface area (Å²) < 4.78 is 5.95. The van der Waals surface area contributed by atoms with Gasteiger partial charge in [0.25, 0.3) is 0 Å². The van der Waals surface area contributed by atoms with E-state index in [1.807, 2.05) is 27.7 Å². The van der Waals surface area contributed by atoms with Crippen molar-refractivity contribution in [3.8, 4) is 5.88 Å². The lowest BCUT2D eigenvalue weighted by Crippen LogP contribution is -2.47. The molecule has 0 bridgehead atoms. The Morgan fingerprint density at radius 3 is 2.58 bits per heavy atom. The standard InChI is InChI=1S/C13H20BrN3O2/c1-6-7-17(13(3,4)5)12(18)19-11-9(2)16-10(14)8-15-11/h8H,6-7H2,1-5H3. The van der Waals surface area contributed by atoms with E-state index in [9.17, 15) is 4.79 Å². The van der Waals surface area contributed by atoms with Gasteiger partial charge in [-0.1, -0.05) is 6.92 Å². The van der Waals surface area contributed by atoms with Crippen LogP contribution >= 0.6 is 15.9 Å². The van der Waals surface area contributed by atoms with E-state index in [1.165, 1.54) is 6.20 Å². The summed E-state index contributed by atoms with van der Waals surface area (Å²) in [7, 11) is 0. The molecular formula is C13H20BrN3O2. The van der Waals surface area contributed by atoms with E-state index in [0.717, 1.165) is 6.42 Å². The maximum Gasteiger partial charge on any atom is 0.417 e. The molecule has 0 aliphatic rings. The van der Waals surface area contributed by atoms with Crippen molar-refractivity contribution in [1.29, 1.82) is 0 Å². The predicted molar refractivity (Wildman–Crippen MR) is 77.2 cm³/mol. The van der Waals surface area contributed by atoms with Gasteiger partial charge in [-0.3, -0.25) is 0 Å². The van der Waals surface area contributed by atoms with Gasteiger partial charge in [-0.2, -0.15) is 0 Å². The lowest BCUT2D eigenvalue weighted by Gasteiger charge is -2.34. The Hall–Kier alpha value is -1.17. The lowest BCUT2D eigenvalue weighted by molar-refractivity contribution is 0.105. The van der Waals surface area contributed by atoms with Crippen LogP contribution in [0.3, 0.4) is 0 Å². The van der Waals surface area contributed by atoms with Crippen molar-refractivity contribution >= 4 is 22.0 Å². The fraction of sp³-hybridized carbons (Fsp3) is 0.615. The summed E-state index contributed by atoms with van der Waals surface area (Å²) in [6.45, 7) is 10.3. The van der Waals surface area contributed by atoms with Gasteiger partial charge in [-0.25, -0.2) is 14.8 Å². The normalized spacial score (nSPS) is 11.3. The molecule has 0 saturated heterocycles. The summed E-state index contributed by atoms with van der Waals surface area (Å²) in [6.07, 6.45) is 1.99. The van der Waals surface area contributed by atoms with Crippen LogP contribution in [0.4, 0.5) is 4.79 Å². The number of halogens is 1. The lowest BCUT2D eigenvalue weighted by atomic mass is 10.1. The Morgan fingerprint density at radius 1 is 1.47 bits per heavy atom. The number of ether oxygens (including phenoxy) is 1. The zero-order valence-corrected chi connectivity index (χ0v) is 13.6. The average molecular weight is 330 g/mol. The smallest absolute Gasteiger partial charge is 0.389 e. The molecule has 0 unspecified atom stereocenters. The first kappa shape index (κ1) is 15.9. The summed E-state index contributed by atoms with van der Waals surface area (Å²) in [5.41, 5.74) is 0.289. The number of aromatic nitrogens is 2. The highest BCUT2D eigenvalue weighted by Gasteiger charge is 2.28. The molecular weight excluding hydrogens is 310 g/mol. The zero-order valence-electron chi connectivity index (χ0n) is 12.0. The van der Waals surface area contributed by atoms with Crippen LogP contribution in [-0.2, 0) is 0 Å². The van der Waals surface area contributed by atoms with Crippen LogP contribution in [0.25, 0.3) is 0 Å². The molecule has 0 aliphatic carbocycles.